The van der Waals surface area contributed by atoms with Crippen molar-refractivity contribution in [1.82, 2.24) is 5.32 Å². The third-order valence-electron chi connectivity index (χ3n) is 4.68. The number of sulfonamides is 1. The van der Waals surface area contributed by atoms with E-state index >= 15 is 0 Å². The molecule has 2 aromatic carbocycles. The Kier molecular flexibility index (Phi) is 8.11. The van der Waals surface area contributed by atoms with Crippen LogP contribution in [0.5, 0.6) is 11.5 Å². The summed E-state index contributed by atoms with van der Waals surface area (Å²) in [7, 11) is -1.01. The molecule has 30 heavy (non-hydrogen) atoms. The quantitative estimate of drug-likeness (QED) is 0.619. The van der Waals surface area contributed by atoms with Gasteiger partial charge in [0.1, 0.15) is 6.54 Å². The third kappa shape index (κ3) is 5.66. The Morgan fingerprint density at radius 3 is 2.27 bits per heavy atom. The Morgan fingerprint density at radius 1 is 1.07 bits per heavy atom. The highest BCUT2D eigenvalue weighted by molar-refractivity contribution is 7.92. The van der Waals surface area contributed by atoms with Crippen LogP contribution in [0.3, 0.4) is 0 Å². The smallest absolute Gasteiger partial charge is 0.264 e. The summed E-state index contributed by atoms with van der Waals surface area (Å²) < 4.78 is 38.5. The van der Waals surface area contributed by atoms with E-state index in [1.54, 1.807) is 30.3 Å². The molecular formula is C22H30N2O5S. The van der Waals surface area contributed by atoms with E-state index in [-0.39, 0.29) is 23.4 Å². The number of amides is 1. The number of nitrogens with one attached hydrogen (secondary N) is 1. The van der Waals surface area contributed by atoms with E-state index in [1.165, 1.54) is 26.4 Å². The van der Waals surface area contributed by atoms with Crippen LogP contribution in [-0.4, -0.2) is 41.1 Å². The molecule has 0 aromatic heterocycles. The highest BCUT2D eigenvalue weighted by Crippen LogP contribution is 2.33. The molecule has 0 aliphatic rings. The number of benzene rings is 2. The number of rotatable bonds is 10. The maximum Gasteiger partial charge on any atom is 0.264 e. The summed E-state index contributed by atoms with van der Waals surface area (Å²) in [6.45, 7) is 5.46. The standard InChI is InChI=1S/C22H30N2O5S/c1-6-7-17(3)23-22(25)15-24(18-10-13-20(28-4)21(14-18)29-5)30(26,27)19-11-8-16(2)9-12-19/h8-14,17H,6-7,15H2,1-5H3,(H,23,25)/t17-/m0/s1. The normalized spacial score (nSPS) is 12.2. The molecule has 8 heteroatoms. The fourth-order valence-corrected chi connectivity index (χ4v) is 4.50. The molecule has 0 bridgehead atoms. The van der Waals surface area contributed by atoms with E-state index in [4.69, 9.17) is 9.47 Å². The van der Waals surface area contributed by atoms with Crippen LogP contribution in [0.15, 0.2) is 47.4 Å². The summed E-state index contributed by atoms with van der Waals surface area (Å²) in [5.41, 5.74) is 1.25. The molecule has 1 N–H and O–H groups in total. The summed E-state index contributed by atoms with van der Waals surface area (Å²) in [4.78, 5) is 12.8. The molecule has 0 aliphatic carbocycles. The van der Waals surface area contributed by atoms with E-state index in [9.17, 15) is 13.2 Å². The van der Waals surface area contributed by atoms with Crippen LogP contribution in [0.25, 0.3) is 0 Å². The van der Waals surface area contributed by atoms with E-state index < -0.39 is 10.0 Å². The zero-order valence-electron chi connectivity index (χ0n) is 18.1. The van der Waals surface area contributed by atoms with Gasteiger partial charge in [-0.1, -0.05) is 31.0 Å². The zero-order valence-corrected chi connectivity index (χ0v) is 19.0. The van der Waals surface area contributed by atoms with Crippen molar-refractivity contribution >= 4 is 21.6 Å². The first-order valence-corrected chi connectivity index (χ1v) is 11.3. The number of aryl methyl sites for hydroxylation is 1. The molecule has 7 nitrogen and oxygen atoms in total. The summed E-state index contributed by atoms with van der Waals surface area (Å²) in [5.74, 6) is 0.468. The van der Waals surface area contributed by atoms with Crippen LogP contribution >= 0.6 is 0 Å². The lowest BCUT2D eigenvalue weighted by Gasteiger charge is -2.25. The zero-order chi connectivity index (χ0) is 22.3. The van der Waals surface area contributed by atoms with Crippen LogP contribution in [-0.2, 0) is 14.8 Å². The lowest BCUT2D eigenvalue weighted by molar-refractivity contribution is -0.120. The van der Waals surface area contributed by atoms with Gasteiger partial charge in [-0.25, -0.2) is 8.42 Å². The van der Waals surface area contributed by atoms with Crippen molar-refractivity contribution in [3.05, 3.63) is 48.0 Å². The molecule has 1 amide bonds. The monoisotopic (exact) mass is 434 g/mol. The van der Waals surface area contributed by atoms with Crippen LogP contribution < -0.4 is 19.1 Å². The molecule has 1 atom stereocenters. The Balaban J connectivity index is 2.47. The molecule has 0 heterocycles. The first-order chi connectivity index (χ1) is 14.2. The Bertz CT molecular complexity index is 958. The van der Waals surface area contributed by atoms with Gasteiger partial charge in [0.2, 0.25) is 5.91 Å². The van der Waals surface area contributed by atoms with Gasteiger partial charge in [0.15, 0.2) is 11.5 Å². The average molecular weight is 435 g/mol. The maximum atomic E-state index is 13.4. The number of nitrogens with zero attached hydrogens (tertiary/aromatic N) is 1. The highest BCUT2D eigenvalue weighted by Gasteiger charge is 2.28. The number of anilines is 1. The van der Waals surface area contributed by atoms with Gasteiger partial charge < -0.3 is 14.8 Å². The fraction of sp³-hybridized carbons (Fsp3) is 0.409. The fourth-order valence-electron chi connectivity index (χ4n) is 3.09. The van der Waals surface area contributed by atoms with Gasteiger partial charge in [0.05, 0.1) is 24.8 Å². The third-order valence-corrected chi connectivity index (χ3v) is 6.47. The molecule has 0 radical (unpaired) electrons. The first-order valence-electron chi connectivity index (χ1n) is 9.83. The Morgan fingerprint density at radius 2 is 1.70 bits per heavy atom. The van der Waals surface area contributed by atoms with Gasteiger partial charge in [-0.05, 0) is 44.5 Å². The number of methoxy groups -OCH3 is 2. The van der Waals surface area contributed by atoms with Crippen LogP contribution in [0, 0.1) is 6.92 Å². The van der Waals surface area contributed by atoms with Crippen molar-refractivity contribution in [2.24, 2.45) is 0 Å². The minimum Gasteiger partial charge on any atom is -0.493 e. The van der Waals surface area contributed by atoms with Crippen molar-refractivity contribution in [2.75, 3.05) is 25.1 Å². The van der Waals surface area contributed by atoms with E-state index in [0.29, 0.717) is 17.2 Å². The van der Waals surface area contributed by atoms with Gasteiger partial charge in [-0.15, -0.1) is 0 Å². The van der Waals surface area contributed by atoms with Gasteiger partial charge >= 0.3 is 0 Å². The molecule has 0 aliphatic heterocycles. The number of hydrogen-bond acceptors (Lipinski definition) is 5. The van der Waals surface area contributed by atoms with Gasteiger partial charge in [0.25, 0.3) is 10.0 Å². The summed E-state index contributed by atoms with van der Waals surface area (Å²) in [6, 6.07) is 11.2. The van der Waals surface area contributed by atoms with E-state index in [0.717, 1.165) is 22.7 Å². The molecule has 164 valence electrons. The second kappa shape index (κ2) is 10.3. The average Bonchev–Trinajstić information content (AvgIpc) is 2.71. The molecule has 0 unspecified atom stereocenters. The lowest BCUT2D eigenvalue weighted by atomic mass is 10.2. The van der Waals surface area contributed by atoms with Crippen molar-refractivity contribution < 1.29 is 22.7 Å². The summed E-state index contributed by atoms with van der Waals surface area (Å²) >= 11 is 0. The summed E-state index contributed by atoms with van der Waals surface area (Å²) in [6.07, 6.45) is 1.73. The predicted molar refractivity (Wildman–Crippen MR) is 118 cm³/mol. The molecule has 0 saturated heterocycles. The molecule has 2 aromatic rings. The van der Waals surface area contributed by atoms with Crippen LogP contribution in [0.2, 0.25) is 0 Å². The molecule has 2 rings (SSSR count). The van der Waals surface area contributed by atoms with E-state index in [1.807, 2.05) is 20.8 Å². The number of carbonyl (C=O) groups excluding carboxylic acids is 1. The first kappa shape index (κ1) is 23.5. The second-order valence-electron chi connectivity index (χ2n) is 7.12. The molecule has 0 spiro atoms. The van der Waals surface area contributed by atoms with Gasteiger partial charge in [-0.2, -0.15) is 0 Å². The predicted octanol–water partition coefficient (Wildman–Crippen LogP) is 3.51. The lowest BCUT2D eigenvalue weighted by Crippen LogP contribution is -2.43. The highest BCUT2D eigenvalue weighted by atomic mass is 32.2. The molecular weight excluding hydrogens is 404 g/mol. The van der Waals surface area contributed by atoms with Crippen molar-refractivity contribution in [2.45, 2.75) is 44.6 Å². The van der Waals surface area contributed by atoms with Crippen LogP contribution in [0.4, 0.5) is 5.69 Å². The molecule has 0 saturated carbocycles. The topological polar surface area (TPSA) is 84.9 Å². The molecule has 0 fully saturated rings. The Hall–Kier alpha value is -2.74. The van der Waals surface area contributed by atoms with Gasteiger partial charge in [-0.3, -0.25) is 9.10 Å². The minimum absolute atomic E-state index is 0.0446. The van der Waals surface area contributed by atoms with Crippen molar-refractivity contribution in [3.63, 3.8) is 0 Å². The van der Waals surface area contributed by atoms with Crippen molar-refractivity contribution in [1.29, 1.82) is 0 Å². The SMILES string of the molecule is CCC[C@H](C)NC(=O)CN(c1ccc(OC)c(OC)c1)S(=O)(=O)c1ccc(C)cc1. The maximum absolute atomic E-state index is 13.4. The largest absolute Gasteiger partial charge is 0.493 e. The van der Waals surface area contributed by atoms with Crippen LogP contribution in [0.1, 0.15) is 32.3 Å². The van der Waals surface area contributed by atoms with E-state index in [2.05, 4.69) is 5.32 Å². The number of carbonyl (C=O) groups is 1. The second-order valence-corrected chi connectivity index (χ2v) is 8.98. The number of hydrogen-bond donors (Lipinski definition) is 1. The Labute approximate surface area is 179 Å². The van der Waals surface area contributed by atoms with Gasteiger partial charge in [0, 0.05) is 12.1 Å². The van der Waals surface area contributed by atoms with Crippen molar-refractivity contribution in [3.8, 4) is 11.5 Å². The summed E-state index contributed by atoms with van der Waals surface area (Å²) in [5, 5.41) is 2.86. The number of ether oxygens (including phenoxy) is 2. The minimum atomic E-state index is -3.98.